The first kappa shape index (κ1) is 24.6. The van der Waals surface area contributed by atoms with Crippen LogP contribution in [0.5, 0.6) is 17.2 Å². The Kier molecular flexibility index (Phi) is 9.78. The summed E-state index contributed by atoms with van der Waals surface area (Å²) in [5, 5.41) is 6.27. The van der Waals surface area contributed by atoms with Crippen LogP contribution in [-0.4, -0.2) is 32.3 Å². The Labute approximate surface area is 179 Å². The molecule has 0 spiro atoms. The molecule has 0 bridgehead atoms. The molecule has 2 aromatic rings. The number of hydrogen-bond donors (Lipinski definition) is 2. The van der Waals surface area contributed by atoms with E-state index in [0.717, 1.165) is 16.9 Å². The summed E-state index contributed by atoms with van der Waals surface area (Å²) < 4.78 is 16.4. The van der Waals surface area contributed by atoms with E-state index < -0.39 is 0 Å². The molecule has 0 aromatic heterocycles. The van der Waals surface area contributed by atoms with Crippen molar-refractivity contribution < 1.29 is 19.0 Å². The highest BCUT2D eigenvalue weighted by Gasteiger charge is 2.15. The van der Waals surface area contributed by atoms with E-state index in [2.05, 4.69) is 10.6 Å². The summed E-state index contributed by atoms with van der Waals surface area (Å²) in [5.74, 6) is 1.84. The number of rotatable bonds is 9. The highest BCUT2D eigenvalue weighted by atomic mass is 35.5. The van der Waals surface area contributed by atoms with Gasteiger partial charge in [-0.05, 0) is 44.5 Å². The van der Waals surface area contributed by atoms with Gasteiger partial charge in [-0.1, -0.05) is 24.3 Å². The van der Waals surface area contributed by atoms with Crippen molar-refractivity contribution in [3.8, 4) is 17.2 Å². The molecule has 0 atom stereocenters. The van der Waals surface area contributed by atoms with Gasteiger partial charge in [-0.3, -0.25) is 4.79 Å². The van der Waals surface area contributed by atoms with Crippen molar-refractivity contribution in [1.82, 2.24) is 10.6 Å². The highest BCUT2D eigenvalue weighted by molar-refractivity contribution is 5.85. The van der Waals surface area contributed by atoms with Crippen molar-refractivity contribution in [3.63, 3.8) is 0 Å². The third-order valence-electron chi connectivity index (χ3n) is 3.94. The third kappa shape index (κ3) is 8.21. The van der Waals surface area contributed by atoms with Crippen LogP contribution in [0.3, 0.4) is 0 Å². The minimum absolute atomic E-state index is 0. The Morgan fingerprint density at radius 2 is 1.62 bits per heavy atom. The lowest BCUT2D eigenvalue weighted by Crippen LogP contribution is -2.43. The molecule has 0 heterocycles. The maximum Gasteiger partial charge on any atom is 0.258 e. The maximum atomic E-state index is 11.9. The Morgan fingerprint density at radius 1 is 0.931 bits per heavy atom. The topological polar surface area (TPSA) is 68.8 Å². The van der Waals surface area contributed by atoms with Crippen molar-refractivity contribution in [1.29, 1.82) is 0 Å². The number of benzene rings is 2. The fourth-order valence-corrected chi connectivity index (χ4v) is 2.73. The fraction of sp³-hybridized carbons (Fsp3) is 0.409. The first-order valence-corrected chi connectivity index (χ1v) is 9.25. The van der Waals surface area contributed by atoms with Gasteiger partial charge in [0.15, 0.2) is 18.1 Å². The summed E-state index contributed by atoms with van der Waals surface area (Å²) >= 11 is 0. The van der Waals surface area contributed by atoms with Gasteiger partial charge in [0.25, 0.3) is 5.91 Å². The lowest BCUT2D eigenvalue weighted by molar-refractivity contribution is -0.124. The van der Waals surface area contributed by atoms with Crippen molar-refractivity contribution in [2.75, 3.05) is 20.8 Å². The van der Waals surface area contributed by atoms with E-state index in [1.807, 2.05) is 63.2 Å². The van der Waals surface area contributed by atoms with Gasteiger partial charge in [0.2, 0.25) is 0 Å². The van der Waals surface area contributed by atoms with Gasteiger partial charge in [-0.2, -0.15) is 0 Å². The number of para-hydroxylation sites is 1. The van der Waals surface area contributed by atoms with Crippen LogP contribution in [0.1, 0.15) is 31.9 Å². The minimum Gasteiger partial charge on any atom is -0.496 e. The molecule has 160 valence electrons. The Balaban J connectivity index is 0.00000420. The molecule has 0 aliphatic rings. The predicted octanol–water partition coefficient (Wildman–Crippen LogP) is 3.71. The second kappa shape index (κ2) is 11.5. The molecular formula is C22H31ClN2O4. The van der Waals surface area contributed by atoms with E-state index in [4.69, 9.17) is 14.2 Å². The molecule has 29 heavy (non-hydrogen) atoms. The maximum absolute atomic E-state index is 11.9. The zero-order chi connectivity index (χ0) is 20.6. The Morgan fingerprint density at radius 3 is 2.28 bits per heavy atom. The van der Waals surface area contributed by atoms with Crippen LogP contribution in [0.15, 0.2) is 42.5 Å². The first-order chi connectivity index (χ1) is 13.3. The van der Waals surface area contributed by atoms with Crippen LogP contribution < -0.4 is 24.8 Å². The first-order valence-electron chi connectivity index (χ1n) is 9.25. The summed E-state index contributed by atoms with van der Waals surface area (Å²) in [4.78, 5) is 11.9. The molecule has 6 nitrogen and oxygen atoms in total. The lowest BCUT2D eigenvalue weighted by atomic mass is 10.1. The molecule has 2 rings (SSSR count). The van der Waals surface area contributed by atoms with Crippen molar-refractivity contribution >= 4 is 18.3 Å². The number of carbonyl (C=O) groups is 1. The van der Waals surface area contributed by atoms with Crippen LogP contribution in [-0.2, 0) is 17.9 Å². The van der Waals surface area contributed by atoms with E-state index >= 15 is 0 Å². The van der Waals surface area contributed by atoms with E-state index in [9.17, 15) is 4.79 Å². The summed E-state index contributed by atoms with van der Waals surface area (Å²) in [6.45, 7) is 7.09. The van der Waals surface area contributed by atoms with E-state index in [-0.39, 0.29) is 30.5 Å². The zero-order valence-electron chi connectivity index (χ0n) is 17.7. The molecule has 0 fully saturated rings. The van der Waals surface area contributed by atoms with Crippen LogP contribution >= 0.6 is 12.4 Å². The minimum atomic E-state index is -0.290. The van der Waals surface area contributed by atoms with Crippen LogP contribution in [0.25, 0.3) is 0 Å². The van der Waals surface area contributed by atoms with Gasteiger partial charge < -0.3 is 24.8 Å². The number of halogens is 1. The third-order valence-corrected chi connectivity index (χ3v) is 3.94. The molecule has 0 saturated carbocycles. The summed E-state index contributed by atoms with van der Waals surface area (Å²) in [5.41, 5.74) is 1.86. The average Bonchev–Trinajstić information content (AvgIpc) is 2.65. The van der Waals surface area contributed by atoms with Gasteiger partial charge in [-0.15, -0.1) is 12.4 Å². The molecule has 2 aromatic carbocycles. The SMILES string of the molecule is COc1ccccc1CNCc1ccc(OCC(=O)NC(C)(C)C)c(OC)c1.Cl. The van der Waals surface area contributed by atoms with Crippen LogP contribution in [0, 0.1) is 0 Å². The van der Waals surface area contributed by atoms with Gasteiger partial charge in [0.1, 0.15) is 5.75 Å². The number of methoxy groups -OCH3 is 2. The summed E-state index contributed by atoms with van der Waals surface area (Å²) in [6, 6.07) is 13.6. The molecule has 7 heteroatoms. The van der Waals surface area contributed by atoms with E-state index in [1.54, 1.807) is 14.2 Å². The molecule has 1 amide bonds. The molecule has 2 N–H and O–H groups in total. The Bertz CT molecular complexity index is 791. The number of nitrogens with one attached hydrogen (secondary N) is 2. The monoisotopic (exact) mass is 422 g/mol. The van der Waals surface area contributed by atoms with Gasteiger partial charge >= 0.3 is 0 Å². The molecular weight excluding hydrogens is 392 g/mol. The average molecular weight is 423 g/mol. The van der Waals surface area contributed by atoms with Crippen LogP contribution in [0.4, 0.5) is 0 Å². The van der Waals surface area contributed by atoms with E-state index in [1.165, 1.54) is 0 Å². The normalized spacial score (nSPS) is 10.7. The zero-order valence-corrected chi connectivity index (χ0v) is 18.5. The number of amides is 1. The van der Waals surface area contributed by atoms with Crippen molar-refractivity contribution in [2.45, 2.75) is 39.4 Å². The van der Waals surface area contributed by atoms with Gasteiger partial charge in [-0.25, -0.2) is 0 Å². The molecule has 0 aliphatic carbocycles. The smallest absolute Gasteiger partial charge is 0.258 e. The quantitative estimate of drug-likeness (QED) is 0.644. The number of hydrogen-bond acceptors (Lipinski definition) is 5. The molecule has 0 radical (unpaired) electrons. The van der Waals surface area contributed by atoms with Crippen molar-refractivity contribution in [2.24, 2.45) is 0 Å². The second-order valence-corrected chi connectivity index (χ2v) is 7.49. The highest BCUT2D eigenvalue weighted by Crippen LogP contribution is 2.28. The predicted molar refractivity (Wildman–Crippen MR) is 117 cm³/mol. The van der Waals surface area contributed by atoms with E-state index in [0.29, 0.717) is 24.6 Å². The second-order valence-electron chi connectivity index (χ2n) is 7.49. The van der Waals surface area contributed by atoms with Gasteiger partial charge in [0.05, 0.1) is 14.2 Å². The molecule has 0 unspecified atom stereocenters. The standard InChI is InChI=1S/C22H30N2O4.ClH/c1-22(2,3)24-21(25)15-28-19-11-10-16(12-20(19)27-5)13-23-14-17-8-6-7-9-18(17)26-4;/h6-12,23H,13-15H2,1-5H3,(H,24,25);1H. The summed E-state index contributed by atoms with van der Waals surface area (Å²) in [7, 11) is 3.26. The van der Waals surface area contributed by atoms with Crippen LogP contribution in [0.2, 0.25) is 0 Å². The number of carbonyl (C=O) groups excluding carboxylic acids is 1. The molecule has 0 aliphatic heterocycles. The largest absolute Gasteiger partial charge is 0.496 e. The fourth-order valence-electron chi connectivity index (χ4n) is 2.73. The number of ether oxygens (including phenoxy) is 3. The summed E-state index contributed by atoms with van der Waals surface area (Å²) in [6.07, 6.45) is 0. The molecule has 0 saturated heterocycles. The van der Waals surface area contributed by atoms with Gasteiger partial charge in [0, 0.05) is 24.2 Å². The Hall–Kier alpha value is -2.44. The lowest BCUT2D eigenvalue weighted by Gasteiger charge is -2.20. The van der Waals surface area contributed by atoms with Crippen molar-refractivity contribution in [3.05, 3.63) is 53.6 Å².